The Bertz CT molecular complexity index is 296. The summed E-state index contributed by atoms with van der Waals surface area (Å²) < 4.78 is 5.14. The van der Waals surface area contributed by atoms with Crippen molar-refractivity contribution in [2.24, 2.45) is 10.9 Å². The molecular weight excluding hydrogens is 252 g/mol. The summed E-state index contributed by atoms with van der Waals surface area (Å²) in [7, 11) is 3.63. The van der Waals surface area contributed by atoms with Crippen molar-refractivity contribution in [3.63, 3.8) is 0 Å². The van der Waals surface area contributed by atoms with Crippen LogP contribution in [0.1, 0.15) is 32.1 Å². The molecule has 5 nitrogen and oxygen atoms in total. The lowest BCUT2D eigenvalue weighted by molar-refractivity contribution is 0.128. The lowest BCUT2D eigenvalue weighted by atomic mass is 10.1. The summed E-state index contributed by atoms with van der Waals surface area (Å²) in [6, 6.07) is 0.556. The number of aliphatic imine (C=N–C) groups is 1. The summed E-state index contributed by atoms with van der Waals surface area (Å²) in [5.74, 6) is 1.95. The van der Waals surface area contributed by atoms with Gasteiger partial charge in [0, 0.05) is 46.4 Å². The first-order valence-corrected chi connectivity index (χ1v) is 8.00. The summed E-state index contributed by atoms with van der Waals surface area (Å²) in [6.45, 7) is 5.25. The highest BCUT2D eigenvalue weighted by atomic mass is 16.5. The molecule has 1 aliphatic heterocycles. The van der Waals surface area contributed by atoms with Crippen molar-refractivity contribution in [3.05, 3.63) is 0 Å². The summed E-state index contributed by atoms with van der Waals surface area (Å²) >= 11 is 0. The molecule has 0 unspecified atom stereocenters. The zero-order valence-corrected chi connectivity index (χ0v) is 13.0. The van der Waals surface area contributed by atoms with Gasteiger partial charge in [-0.25, -0.2) is 0 Å². The summed E-state index contributed by atoms with van der Waals surface area (Å²) in [5.41, 5.74) is 0. The monoisotopic (exact) mass is 282 g/mol. The number of methoxy groups -OCH3 is 1. The Morgan fingerprint density at radius 2 is 2.00 bits per heavy atom. The van der Waals surface area contributed by atoms with Gasteiger partial charge in [-0.2, -0.15) is 0 Å². The summed E-state index contributed by atoms with van der Waals surface area (Å²) in [4.78, 5) is 6.81. The number of hydrogen-bond acceptors (Lipinski definition) is 3. The standard InChI is InChI=1S/C15H30N4O/c1-16-15(17-8-5-13-3-4-13)18-14-6-9-19(10-7-14)11-12-20-2/h13-14H,3-12H2,1-2H3,(H2,16,17,18). The van der Waals surface area contributed by atoms with Gasteiger partial charge < -0.3 is 20.3 Å². The minimum Gasteiger partial charge on any atom is -0.383 e. The number of rotatable bonds is 7. The zero-order chi connectivity index (χ0) is 14.2. The van der Waals surface area contributed by atoms with Crippen LogP contribution in [0.25, 0.3) is 0 Å². The normalized spacial score (nSPS) is 22.0. The third kappa shape index (κ3) is 5.67. The SMILES string of the molecule is CN=C(NCCC1CC1)NC1CCN(CCOC)CC1. The van der Waals surface area contributed by atoms with Gasteiger partial charge in [0.15, 0.2) is 5.96 Å². The number of guanidine groups is 1. The predicted octanol–water partition coefficient (Wildman–Crippen LogP) is 1.06. The number of nitrogens with zero attached hydrogens (tertiary/aromatic N) is 2. The van der Waals surface area contributed by atoms with Crippen molar-refractivity contribution in [1.29, 1.82) is 0 Å². The van der Waals surface area contributed by atoms with Crippen molar-refractivity contribution in [2.75, 3.05) is 46.9 Å². The van der Waals surface area contributed by atoms with Crippen molar-refractivity contribution < 1.29 is 4.74 Å². The molecule has 2 N–H and O–H groups in total. The van der Waals surface area contributed by atoms with Gasteiger partial charge in [0.05, 0.1) is 6.61 Å². The molecule has 1 saturated heterocycles. The summed E-state index contributed by atoms with van der Waals surface area (Å²) in [5, 5.41) is 7.00. The third-order valence-electron chi connectivity index (χ3n) is 4.31. The topological polar surface area (TPSA) is 48.9 Å². The van der Waals surface area contributed by atoms with E-state index in [0.29, 0.717) is 6.04 Å². The second-order valence-electron chi connectivity index (χ2n) is 5.98. The number of piperidine rings is 1. The Morgan fingerprint density at radius 1 is 1.25 bits per heavy atom. The van der Waals surface area contributed by atoms with Gasteiger partial charge in [0.1, 0.15) is 0 Å². The molecule has 2 aliphatic rings. The first-order chi connectivity index (χ1) is 9.81. The van der Waals surface area contributed by atoms with Crippen LogP contribution in [0, 0.1) is 5.92 Å². The summed E-state index contributed by atoms with van der Waals surface area (Å²) in [6.07, 6.45) is 6.51. The molecule has 0 atom stereocenters. The highest BCUT2D eigenvalue weighted by Gasteiger charge is 2.21. The van der Waals surface area contributed by atoms with E-state index in [1.54, 1.807) is 7.11 Å². The fraction of sp³-hybridized carbons (Fsp3) is 0.933. The second-order valence-corrected chi connectivity index (χ2v) is 5.98. The number of nitrogens with one attached hydrogen (secondary N) is 2. The Labute approximate surface area is 123 Å². The highest BCUT2D eigenvalue weighted by molar-refractivity contribution is 5.79. The van der Waals surface area contributed by atoms with Crippen LogP contribution in [0.4, 0.5) is 0 Å². The van der Waals surface area contributed by atoms with Crippen LogP contribution in [0.2, 0.25) is 0 Å². The van der Waals surface area contributed by atoms with Crippen LogP contribution in [0.5, 0.6) is 0 Å². The van der Waals surface area contributed by atoms with Gasteiger partial charge in [-0.1, -0.05) is 12.8 Å². The molecule has 1 aliphatic carbocycles. The van der Waals surface area contributed by atoms with E-state index in [9.17, 15) is 0 Å². The van der Waals surface area contributed by atoms with Gasteiger partial charge in [-0.3, -0.25) is 4.99 Å². The highest BCUT2D eigenvalue weighted by Crippen LogP contribution is 2.31. The predicted molar refractivity (Wildman–Crippen MR) is 83.2 cm³/mol. The molecule has 2 rings (SSSR count). The Morgan fingerprint density at radius 3 is 2.60 bits per heavy atom. The lowest BCUT2D eigenvalue weighted by Gasteiger charge is -2.32. The average molecular weight is 282 g/mol. The molecule has 0 bridgehead atoms. The minimum absolute atomic E-state index is 0.556. The molecule has 1 saturated carbocycles. The largest absolute Gasteiger partial charge is 0.383 e. The van der Waals surface area contributed by atoms with Crippen LogP contribution < -0.4 is 10.6 Å². The molecule has 0 radical (unpaired) electrons. The molecule has 1 heterocycles. The van der Waals surface area contributed by atoms with Gasteiger partial charge in [0.25, 0.3) is 0 Å². The number of likely N-dealkylation sites (tertiary alicyclic amines) is 1. The third-order valence-corrected chi connectivity index (χ3v) is 4.31. The van der Waals surface area contributed by atoms with Gasteiger partial charge >= 0.3 is 0 Å². The molecular formula is C15H30N4O. The van der Waals surface area contributed by atoms with Gasteiger partial charge in [-0.05, 0) is 25.2 Å². The van der Waals surface area contributed by atoms with Crippen LogP contribution in [-0.2, 0) is 4.74 Å². The Hall–Kier alpha value is -0.810. The van der Waals surface area contributed by atoms with Crippen molar-refractivity contribution in [1.82, 2.24) is 15.5 Å². The molecule has 116 valence electrons. The van der Waals surface area contributed by atoms with E-state index in [1.165, 1.54) is 32.1 Å². The smallest absolute Gasteiger partial charge is 0.191 e. The fourth-order valence-corrected chi connectivity index (χ4v) is 2.71. The van der Waals surface area contributed by atoms with Gasteiger partial charge in [-0.15, -0.1) is 0 Å². The van der Waals surface area contributed by atoms with Crippen LogP contribution >= 0.6 is 0 Å². The van der Waals surface area contributed by atoms with E-state index in [2.05, 4.69) is 20.5 Å². The zero-order valence-electron chi connectivity index (χ0n) is 13.0. The van der Waals surface area contributed by atoms with Crippen molar-refractivity contribution in [2.45, 2.75) is 38.1 Å². The number of ether oxygens (including phenoxy) is 1. The molecule has 0 aromatic heterocycles. The fourth-order valence-electron chi connectivity index (χ4n) is 2.71. The van der Waals surface area contributed by atoms with Crippen molar-refractivity contribution in [3.8, 4) is 0 Å². The van der Waals surface area contributed by atoms with E-state index >= 15 is 0 Å². The van der Waals surface area contributed by atoms with Gasteiger partial charge in [0.2, 0.25) is 0 Å². The maximum absolute atomic E-state index is 5.14. The Kier molecular flexibility index (Phi) is 6.60. The number of hydrogen-bond donors (Lipinski definition) is 2. The van der Waals surface area contributed by atoms with Crippen LogP contribution in [0.3, 0.4) is 0 Å². The molecule has 0 aromatic rings. The van der Waals surface area contributed by atoms with E-state index < -0.39 is 0 Å². The first kappa shape index (κ1) is 15.6. The average Bonchev–Trinajstić information content (AvgIpc) is 3.29. The minimum atomic E-state index is 0.556. The van der Waals surface area contributed by atoms with E-state index in [1.807, 2.05) is 7.05 Å². The molecule has 0 amide bonds. The van der Waals surface area contributed by atoms with E-state index in [4.69, 9.17) is 4.74 Å². The first-order valence-electron chi connectivity index (χ1n) is 8.00. The Balaban J connectivity index is 1.59. The molecule has 0 spiro atoms. The molecule has 20 heavy (non-hydrogen) atoms. The molecule has 0 aromatic carbocycles. The van der Waals surface area contributed by atoms with E-state index in [0.717, 1.165) is 44.7 Å². The van der Waals surface area contributed by atoms with Crippen LogP contribution in [-0.4, -0.2) is 63.8 Å². The maximum Gasteiger partial charge on any atom is 0.191 e. The van der Waals surface area contributed by atoms with Crippen molar-refractivity contribution >= 4 is 5.96 Å². The quantitative estimate of drug-likeness (QED) is 0.541. The van der Waals surface area contributed by atoms with Crippen LogP contribution in [0.15, 0.2) is 4.99 Å². The maximum atomic E-state index is 5.14. The second kappa shape index (κ2) is 8.47. The lowest BCUT2D eigenvalue weighted by Crippen LogP contribution is -2.49. The molecule has 5 heteroatoms. The van der Waals surface area contributed by atoms with E-state index in [-0.39, 0.29) is 0 Å². The molecule has 2 fully saturated rings.